The zero-order chi connectivity index (χ0) is 12.8. The number of rotatable bonds is 1. The van der Waals surface area contributed by atoms with E-state index in [0.717, 1.165) is 12.1 Å². The number of aliphatic hydroxyl groups excluding tert-OH is 1. The van der Waals surface area contributed by atoms with Gasteiger partial charge in [0, 0.05) is 22.2 Å². The number of alkyl halides is 3. The number of benzene rings is 1. The molecule has 1 aromatic heterocycles. The monoisotopic (exact) mass is 243 g/mol. The van der Waals surface area contributed by atoms with Crippen LogP contribution >= 0.6 is 0 Å². The lowest BCUT2D eigenvalue weighted by Gasteiger charge is -2.08. The number of hydrogen-bond donors (Lipinski definition) is 2. The quantitative estimate of drug-likeness (QED) is 0.789. The summed E-state index contributed by atoms with van der Waals surface area (Å²) in [5, 5.41) is 10.0. The highest BCUT2D eigenvalue weighted by molar-refractivity contribution is 5.85. The average molecular weight is 243 g/mol. The van der Waals surface area contributed by atoms with Gasteiger partial charge in [0.15, 0.2) is 0 Å². The molecule has 0 amide bonds. The highest BCUT2D eigenvalue weighted by atomic mass is 19.4. The van der Waals surface area contributed by atoms with E-state index in [0.29, 0.717) is 22.2 Å². The van der Waals surface area contributed by atoms with E-state index in [4.69, 9.17) is 0 Å². The Kier molecular flexibility index (Phi) is 2.66. The Morgan fingerprint density at radius 1 is 1.29 bits per heavy atom. The molecule has 2 rings (SSSR count). The maximum absolute atomic E-state index is 12.6. The summed E-state index contributed by atoms with van der Waals surface area (Å²) in [7, 11) is 0. The van der Waals surface area contributed by atoms with Crippen molar-refractivity contribution in [3.8, 4) is 0 Å². The van der Waals surface area contributed by atoms with E-state index in [2.05, 4.69) is 4.98 Å². The number of H-pyrrole nitrogens is 1. The third-order valence-corrected chi connectivity index (χ3v) is 2.78. The van der Waals surface area contributed by atoms with Gasteiger partial charge in [0.1, 0.15) is 0 Å². The number of halogens is 3. The largest absolute Gasteiger partial charge is 0.416 e. The summed E-state index contributed by atoms with van der Waals surface area (Å²) < 4.78 is 37.7. The van der Waals surface area contributed by atoms with E-state index in [1.165, 1.54) is 13.0 Å². The standard InChI is InChI=1S/C12H12F3NO/c1-6-11(7(2)17)9-5-8(12(13,14)15)3-4-10(9)16-6/h3-5,7,16-17H,1-2H3. The van der Waals surface area contributed by atoms with E-state index in [1.807, 2.05) is 0 Å². The predicted molar refractivity (Wildman–Crippen MR) is 58.7 cm³/mol. The number of fused-ring (bicyclic) bond motifs is 1. The second kappa shape index (κ2) is 3.77. The number of aliphatic hydroxyl groups is 1. The number of aromatic amines is 1. The normalized spacial score (nSPS) is 14.2. The first-order chi connectivity index (χ1) is 7.80. The van der Waals surface area contributed by atoms with Gasteiger partial charge in [0.2, 0.25) is 0 Å². The van der Waals surface area contributed by atoms with Crippen LogP contribution in [-0.4, -0.2) is 10.1 Å². The molecule has 2 nitrogen and oxygen atoms in total. The predicted octanol–water partition coefficient (Wildman–Crippen LogP) is 3.55. The van der Waals surface area contributed by atoms with Crippen molar-refractivity contribution in [1.82, 2.24) is 4.98 Å². The Labute approximate surface area is 96.1 Å². The summed E-state index contributed by atoms with van der Waals surface area (Å²) in [5.74, 6) is 0. The highest BCUT2D eigenvalue weighted by Gasteiger charge is 2.31. The van der Waals surface area contributed by atoms with Crippen LogP contribution in [0.1, 0.15) is 29.8 Å². The van der Waals surface area contributed by atoms with Gasteiger partial charge in [-0.15, -0.1) is 0 Å². The molecular formula is C12H12F3NO. The van der Waals surface area contributed by atoms with Crippen LogP contribution in [0.25, 0.3) is 10.9 Å². The van der Waals surface area contributed by atoms with Crippen LogP contribution in [-0.2, 0) is 6.18 Å². The van der Waals surface area contributed by atoms with Gasteiger partial charge >= 0.3 is 6.18 Å². The fourth-order valence-electron chi connectivity index (χ4n) is 2.06. The van der Waals surface area contributed by atoms with Gasteiger partial charge < -0.3 is 10.1 Å². The molecule has 92 valence electrons. The topological polar surface area (TPSA) is 36.0 Å². The van der Waals surface area contributed by atoms with Crippen LogP contribution in [0.3, 0.4) is 0 Å². The Balaban J connectivity index is 2.71. The molecule has 0 bridgehead atoms. The SMILES string of the molecule is Cc1[nH]c2ccc(C(F)(F)F)cc2c1C(C)O. The molecular weight excluding hydrogens is 231 g/mol. The molecule has 1 heterocycles. The molecule has 1 aromatic carbocycles. The number of aryl methyl sites for hydroxylation is 1. The molecule has 0 saturated carbocycles. The van der Waals surface area contributed by atoms with E-state index < -0.39 is 17.8 Å². The Bertz CT molecular complexity index is 555. The van der Waals surface area contributed by atoms with E-state index in [1.54, 1.807) is 6.92 Å². The van der Waals surface area contributed by atoms with Crippen molar-refractivity contribution in [3.05, 3.63) is 35.0 Å². The molecule has 17 heavy (non-hydrogen) atoms. The van der Waals surface area contributed by atoms with Crippen LogP contribution < -0.4 is 0 Å². The van der Waals surface area contributed by atoms with Gasteiger partial charge in [0.25, 0.3) is 0 Å². The van der Waals surface area contributed by atoms with Crippen LogP contribution in [0.5, 0.6) is 0 Å². The zero-order valence-electron chi connectivity index (χ0n) is 9.39. The third-order valence-electron chi connectivity index (χ3n) is 2.78. The van der Waals surface area contributed by atoms with Crippen molar-refractivity contribution in [2.45, 2.75) is 26.1 Å². The second-order valence-corrected chi connectivity index (χ2v) is 4.10. The number of nitrogens with one attached hydrogen (secondary N) is 1. The van der Waals surface area contributed by atoms with Gasteiger partial charge in [-0.25, -0.2) is 0 Å². The minimum absolute atomic E-state index is 0.423. The molecule has 2 N–H and O–H groups in total. The molecule has 0 aliphatic carbocycles. The fraction of sp³-hybridized carbons (Fsp3) is 0.333. The fourth-order valence-corrected chi connectivity index (χ4v) is 2.06. The summed E-state index contributed by atoms with van der Waals surface area (Å²) >= 11 is 0. The minimum atomic E-state index is -4.37. The zero-order valence-corrected chi connectivity index (χ0v) is 9.39. The molecule has 0 saturated heterocycles. The van der Waals surface area contributed by atoms with Gasteiger partial charge in [-0.2, -0.15) is 13.2 Å². The van der Waals surface area contributed by atoms with Gasteiger partial charge in [-0.3, -0.25) is 0 Å². The first-order valence-corrected chi connectivity index (χ1v) is 5.18. The van der Waals surface area contributed by atoms with Gasteiger partial charge in [-0.05, 0) is 32.0 Å². The highest BCUT2D eigenvalue weighted by Crippen LogP contribution is 2.34. The minimum Gasteiger partial charge on any atom is -0.389 e. The number of hydrogen-bond acceptors (Lipinski definition) is 1. The number of aromatic nitrogens is 1. The maximum atomic E-state index is 12.6. The van der Waals surface area contributed by atoms with Gasteiger partial charge in [-0.1, -0.05) is 0 Å². The first-order valence-electron chi connectivity index (χ1n) is 5.18. The smallest absolute Gasteiger partial charge is 0.389 e. The summed E-state index contributed by atoms with van der Waals surface area (Å²) in [5.41, 5.74) is 1.11. The molecule has 0 spiro atoms. The summed E-state index contributed by atoms with van der Waals surface area (Å²) in [4.78, 5) is 2.96. The molecule has 5 heteroatoms. The van der Waals surface area contributed by atoms with Crippen LogP contribution in [0.4, 0.5) is 13.2 Å². The van der Waals surface area contributed by atoms with E-state index >= 15 is 0 Å². The third kappa shape index (κ3) is 2.02. The molecule has 2 aromatic rings. The van der Waals surface area contributed by atoms with Crippen molar-refractivity contribution in [3.63, 3.8) is 0 Å². The van der Waals surface area contributed by atoms with Crippen molar-refractivity contribution >= 4 is 10.9 Å². The lowest BCUT2D eigenvalue weighted by atomic mass is 10.0. The summed E-state index contributed by atoms with van der Waals surface area (Å²) in [6, 6.07) is 3.49. The van der Waals surface area contributed by atoms with Crippen molar-refractivity contribution < 1.29 is 18.3 Å². The molecule has 0 aliphatic rings. The van der Waals surface area contributed by atoms with Crippen LogP contribution in [0, 0.1) is 6.92 Å². The average Bonchev–Trinajstić information content (AvgIpc) is 2.50. The summed E-state index contributed by atoms with van der Waals surface area (Å²) in [6.07, 6.45) is -5.16. The van der Waals surface area contributed by atoms with E-state index in [9.17, 15) is 18.3 Å². The summed E-state index contributed by atoms with van der Waals surface area (Å²) in [6.45, 7) is 3.27. The van der Waals surface area contributed by atoms with Crippen LogP contribution in [0.15, 0.2) is 18.2 Å². The van der Waals surface area contributed by atoms with Crippen molar-refractivity contribution in [1.29, 1.82) is 0 Å². The van der Waals surface area contributed by atoms with Crippen LogP contribution in [0.2, 0.25) is 0 Å². The Hall–Kier alpha value is -1.49. The maximum Gasteiger partial charge on any atom is 0.416 e. The molecule has 0 fully saturated rings. The van der Waals surface area contributed by atoms with Crippen molar-refractivity contribution in [2.24, 2.45) is 0 Å². The lowest BCUT2D eigenvalue weighted by Crippen LogP contribution is -2.04. The molecule has 0 aliphatic heterocycles. The Morgan fingerprint density at radius 3 is 2.47 bits per heavy atom. The Morgan fingerprint density at radius 2 is 1.94 bits per heavy atom. The molecule has 0 radical (unpaired) electrons. The van der Waals surface area contributed by atoms with E-state index in [-0.39, 0.29) is 0 Å². The van der Waals surface area contributed by atoms with Gasteiger partial charge in [0.05, 0.1) is 11.7 Å². The molecule has 1 unspecified atom stereocenters. The van der Waals surface area contributed by atoms with Crippen molar-refractivity contribution in [2.75, 3.05) is 0 Å². The second-order valence-electron chi connectivity index (χ2n) is 4.10. The first kappa shape index (κ1) is 12.0. The lowest BCUT2D eigenvalue weighted by molar-refractivity contribution is -0.137. The molecule has 1 atom stereocenters.